The van der Waals surface area contributed by atoms with E-state index in [1.807, 2.05) is 0 Å². The van der Waals surface area contributed by atoms with Gasteiger partial charge < -0.3 is 14.7 Å². The van der Waals surface area contributed by atoms with Crippen LogP contribution in [0, 0.1) is 5.82 Å². The van der Waals surface area contributed by atoms with Gasteiger partial charge in [-0.15, -0.1) is 0 Å². The second-order valence-electron chi connectivity index (χ2n) is 5.87. The molecule has 3 rings (SSSR count). The van der Waals surface area contributed by atoms with Crippen LogP contribution in [0.25, 0.3) is 0 Å². The molecule has 2 heterocycles. The molecule has 21 heavy (non-hydrogen) atoms. The Balaban J connectivity index is 1.65. The third-order valence-corrected chi connectivity index (χ3v) is 4.47. The molecule has 0 bridgehead atoms. The van der Waals surface area contributed by atoms with Crippen molar-refractivity contribution in [2.24, 2.45) is 0 Å². The third-order valence-electron chi connectivity index (χ3n) is 4.47. The number of ether oxygens (including phenoxy) is 1. The van der Waals surface area contributed by atoms with Crippen LogP contribution in [0.15, 0.2) is 24.3 Å². The van der Waals surface area contributed by atoms with E-state index < -0.39 is 5.60 Å². The fraction of sp³-hybridized carbons (Fsp3) is 0.562. The van der Waals surface area contributed by atoms with Gasteiger partial charge in [-0.1, -0.05) is 12.1 Å². The first-order chi connectivity index (χ1) is 10.1. The van der Waals surface area contributed by atoms with Gasteiger partial charge in [0.15, 0.2) is 0 Å². The Kier molecular flexibility index (Phi) is 3.95. The van der Waals surface area contributed by atoms with Crippen LogP contribution in [0.4, 0.5) is 4.39 Å². The van der Waals surface area contributed by atoms with Crippen LogP contribution >= 0.6 is 0 Å². The molecular formula is C16H20FNO3. The van der Waals surface area contributed by atoms with Crippen LogP contribution < -0.4 is 0 Å². The Hall–Kier alpha value is -1.46. The summed E-state index contributed by atoms with van der Waals surface area (Å²) >= 11 is 0. The first-order valence-electron chi connectivity index (χ1n) is 7.47. The van der Waals surface area contributed by atoms with Gasteiger partial charge in [-0.3, -0.25) is 4.79 Å². The number of carbonyl (C=O) groups is 1. The fourth-order valence-corrected chi connectivity index (χ4v) is 3.14. The van der Waals surface area contributed by atoms with E-state index in [0.29, 0.717) is 38.1 Å². The van der Waals surface area contributed by atoms with Crippen molar-refractivity contribution in [1.82, 2.24) is 4.90 Å². The fourth-order valence-electron chi connectivity index (χ4n) is 3.14. The standard InChI is InChI=1S/C16H20FNO3/c17-13-4-1-3-12(11-13)16(20)6-8-18(9-7-16)15(19)14-5-2-10-21-14/h1,3-4,11,14,20H,2,5-10H2. The Bertz CT molecular complexity index is 520. The van der Waals surface area contributed by atoms with E-state index in [1.165, 1.54) is 12.1 Å². The Labute approximate surface area is 123 Å². The molecule has 2 aliphatic rings. The minimum Gasteiger partial charge on any atom is -0.385 e. The predicted molar refractivity (Wildman–Crippen MR) is 75.1 cm³/mol. The van der Waals surface area contributed by atoms with Gasteiger partial charge in [-0.05, 0) is 43.4 Å². The van der Waals surface area contributed by atoms with Crippen molar-refractivity contribution in [3.63, 3.8) is 0 Å². The highest BCUT2D eigenvalue weighted by Gasteiger charge is 2.37. The first-order valence-corrected chi connectivity index (χ1v) is 7.47. The van der Waals surface area contributed by atoms with Crippen LogP contribution in [0.5, 0.6) is 0 Å². The molecule has 2 fully saturated rings. The molecule has 2 saturated heterocycles. The normalized spacial score (nSPS) is 25.0. The zero-order chi connectivity index (χ0) is 14.9. The number of halogens is 1. The number of rotatable bonds is 2. The lowest BCUT2D eigenvalue weighted by molar-refractivity contribution is -0.145. The van der Waals surface area contributed by atoms with E-state index in [0.717, 1.165) is 12.8 Å². The molecule has 2 aliphatic heterocycles. The molecule has 5 heteroatoms. The van der Waals surface area contributed by atoms with Crippen molar-refractivity contribution in [2.45, 2.75) is 37.4 Å². The average molecular weight is 293 g/mol. The highest BCUT2D eigenvalue weighted by Crippen LogP contribution is 2.33. The second-order valence-corrected chi connectivity index (χ2v) is 5.87. The van der Waals surface area contributed by atoms with E-state index in [4.69, 9.17) is 4.74 Å². The number of carbonyl (C=O) groups excluding carboxylic acids is 1. The number of likely N-dealkylation sites (tertiary alicyclic amines) is 1. The van der Waals surface area contributed by atoms with Crippen molar-refractivity contribution < 1.29 is 19.0 Å². The number of amides is 1. The zero-order valence-corrected chi connectivity index (χ0v) is 11.9. The number of benzene rings is 1. The highest BCUT2D eigenvalue weighted by molar-refractivity contribution is 5.81. The number of nitrogens with zero attached hydrogens (tertiary/aromatic N) is 1. The van der Waals surface area contributed by atoms with Crippen LogP contribution in [0.3, 0.4) is 0 Å². The summed E-state index contributed by atoms with van der Waals surface area (Å²) in [6, 6.07) is 6.08. The lowest BCUT2D eigenvalue weighted by Crippen LogP contribution is -2.48. The summed E-state index contributed by atoms with van der Waals surface area (Å²) in [5.41, 5.74) is -0.457. The topological polar surface area (TPSA) is 49.8 Å². The summed E-state index contributed by atoms with van der Waals surface area (Å²) in [7, 11) is 0. The summed E-state index contributed by atoms with van der Waals surface area (Å²) in [5, 5.41) is 10.7. The van der Waals surface area contributed by atoms with E-state index in [1.54, 1.807) is 17.0 Å². The van der Waals surface area contributed by atoms with E-state index in [-0.39, 0.29) is 17.8 Å². The minimum atomic E-state index is -1.05. The molecule has 0 spiro atoms. The molecular weight excluding hydrogens is 273 g/mol. The third kappa shape index (κ3) is 2.94. The van der Waals surface area contributed by atoms with Crippen molar-refractivity contribution in [2.75, 3.05) is 19.7 Å². The van der Waals surface area contributed by atoms with Crippen molar-refractivity contribution in [3.8, 4) is 0 Å². The minimum absolute atomic E-state index is 0.0220. The van der Waals surface area contributed by atoms with Crippen molar-refractivity contribution in [1.29, 1.82) is 0 Å². The molecule has 0 aromatic heterocycles. The van der Waals surface area contributed by atoms with Gasteiger partial charge in [0.1, 0.15) is 11.9 Å². The SMILES string of the molecule is O=C(C1CCCO1)N1CCC(O)(c2cccc(F)c2)CC1. The van der Waals surface area contributed by atoms with Gasteiger partial charge >= 0.3 is 0 Å². The van der Waals surface area contributed by atoms with Crippen molar-refractivity contribution >= 4 is 5.91 Å². The number of hydrogen-bond acceptors (Lipinski definition) is 3. The maximum Gasteiger partial charge on any atom is 0.251 e. The maximum absolute atomic E-state index is 13.3. The van der Waals surface area contributed by atoms with Crippen LogP contribution in [-0.4, -0.2) is 41.7 Å². The molecule has 114 valence electrons. The van der Waals surface area contributed by atoms with Crippen LogP contribution in [0.1, 0.15) is 31.2 Å². The smallest absolute Gasteiger partial charge is 0.251 e. The highest BCUT2D eigenvalue weighted by atomic mass is 19.1. The summed E-state index contributed by atoms with van der Waals surface area (Å²) < 4.78 is 18.7. The van der Waals surface area contributed by atoms with E-state index >= 15 is 0 Å². The molecule has 1 N–H and O–H groups in total. The van der Waals surface area contributed by atoms with Gasteiger partial charge in [-0.2, -0.15) is 0 Å². The monoisotopic (exact) mass is 293 g/mol. The lowest BCUT2D eigenvalue weighted by Gasteiger charge is -2.39. The van der Waals surface area contributed by atoms with Gasteiger partial charge in [0.2, 0.25) is 0 Å². The Morgan fingerprint density at radius 2 is 2.14 bits per heavy atom. The molecule has 0 aliphatic carbocycles. The Morgan fingerprint density at radius 1 is 1.38 bits per heavy atom. The van der Waals surface area contributed by atoms with E-state index in [9.17, 15) is 14.3 Å². The van der Waals surface area contributed by atoms with E-state index in [2.05, 4.69) is 0 Å². The van der Waals surface area contributed by atoms with Gasteiger partial charge in [0, 0.05) is 19.7 Å². The van der Waals surface area contributed by atoms with Crippen LogP contribution in [0.2, 0.25) is 0 Å². The number of aliphatic hydroxyl groups is 1. The molecule has 1 atom stereocenters. The summed E-state index contributed by atoms with van der Waals surface area (Å²) in [5.74, 6) is -0.326. The number of hydrogen-bond donors (Lipinski definition) is 1. The van der Waals surface area contributed by atoms with Gasteiger partial charge in [0.05, 0.1) is 5.60 Å². The summed E-state index contributed by atoms with van der Waals surface area (Å²) in [4.78, 5) is 14.0. The summed E-state index contributed by atoms with van der Waals surface area (Å²) in [6.45, 7) is 1.61. The van der Waals surface area contributed by atoms with Gasteiger partial charge in [-0.25, -0.2) is 4.39 Å². The quantitative estimate of drug-likeness (QED) is 0.905. The largest absolute Gasteiger partial charge is 0.385 e. The predicted octanol–water partition coefficient (Wildman–Crippen LogP) is 1.81. The second kappa shape index (κ2) is 5.73. The van der Waals surface area contributed by atoms with Gasteiger partial charge in [0.25, 0.3) is 5.91 Å². The van der Waals surface area contributed by atoms with Crippen molar-refractivity contribution in [3.05, 3.63) is 35.6 Å². The summed E-state index contributed by atoms with van der Waals surface area (Å²) in [6.07, 6.45) is 2.25. The molecule has 0 saturated carbocycles. The first kappa shape index (κ1) is 14.5. The zero-order valence-electron chi connectivity index (χ0n) is 11.9. The molecule has 1 aromatic carbocycles. The molecule has 1 aromatic rings. The molecule has 0 radical (unpaired) electrons. The van der Waals surface area contributed by atoms with Crippen LogP contribution in [-0.2, 0) is 15.1 Å². The average Bonchev–Trinajstić information content (AvgIpc) is 3.02. The maximum atomic E-state index is 13.3. The molecule has 4 nitrogen and oxygen atoms in total. The Morgan fingerprint density at radius 3 is 2.76 bits per heavy atom. The molecule has 1 unspecified atom stereocenters. The lowest BCUT2D eigenvalue weighted by atomic mass is 9.84. The molecule has 1 amide bonds. The number of piperidine rings is 1.